The van der Waals surface area contributed by atoms with E-state index in [4.69, 9.17) is 16.3 Å². The first-order chi connectivity index (χ1) is 9.74. The molecule has 0 aromatic heterocycles. The molecule has 1 aliphatic rings. The molecule has 1 heterocycles. The molecule has 3 nitrogen and oxygen atoms in total. The lowest BCUT2D eigenvalue weighted by molar-refractivity contribution is 0.164. The summed E-state index contributed by atoms with van der Waals surface area (Å²) in [6.07, 6.45) is 3.60. The largest absolute Gasteiger partial charge is 0.481 e. The Kier molecular flexibility index (Phi) is 5.09. The lowest BCUT2D eigenvalue weighted by Crippen LogP contribution is -2.24. The Morgan fingerprint density at radius 2 is 2.05 bits per heavy atom. The molecule has 0 N–H and O–H groups in total. The molecule has 0 saturated carbocycles. The first-order valence-electron chi connectivity index (χ1n) is 6.55. The Balaban J connectivity index is 2.20. The smallest absolute Gasteiger partial charge is 0.206 e. The minimum Gasteiger partial charge on any atom is -0.481 e. The summed E-state index contributed by atoms with van der Waals surface area (Å²) in [6, 6.07) is 7.69. The number of allylic oxidation sites excluding steroid dienone is 1. The molecule has 0 amide bonds. The van der Waals surface area contributed by atoms with Gasteiger partial charge in [0.25, 0.3) is 0 Å². The molecule has 0 bridgehead atoms. The molecule has 0 aliphatic carbocycles. The van der Waals surface area contributed by atoms with Gasteiger partial charge < -0.3 is 4.74 Å². The van der Waals surface area contributed by atoms with Crippen LogP contribution < -0.4 is 0 Å². The van der Waals surface area contributed by atoms with Crippen LogP contribution in [-0.2, 0) is 4.74 Å². The fraction of sp³-hybridized carbons (Fsp3) is 0.312. The summed E-state index contributed by atoms with van der Waals surface area (Å²) >= 11 is 5.91. The molecular formula is C16H17ClN2O. The van der Waals surface area contributed by atoms with Crippen LogP contribution in [0.4, 0.5) is 0 Å². The highest BCUT2D eigenvalue weighted by molar-refractivity contribution is 6.30. The first kappa shape index (κ1) is 14.5. The SMILES string of the molecule is CCC#CCN1N=C(c2ccc(Cl)cc2)CC=C1OC. The average molecular weight is 289 g/mol. The molecule has 1 aromatic rings. The Hall–Kier alpha value is -1.92. The summed E-state index contributed by atoms with van der Waals surface area (Å²) in [5.41, 5.74) is 2.05. The number of halogens is 1. The molecule has 0 radical (unpaired) electrons. The minimum atomic E-state index is 0.532. The second-order valence-electron chi connectivity index (χ2n) is 4.27. The van der Waals surface area contributed by atoms with E-state index in [1.54, 1.807) is 12.1 Å². The van der Waals surface area contributed by atoms with Gasteiger partial charge in [-0.25, -0.2) is 5.01 Å². The minimum absolute atomic E-state index is 0.532. The number of benzene rings is 1. The number of nitrogens with zero attached hydrogens (tertiary/aromatic N) is 2. The van der Waals surface area contributed by atoms with Gasteiger partial charge in [0.2, 0.25) is 5.88 Å². The number of methoxy groups -OCH3 is 1. The highest BCUT2D eigenvalue weighted by atomic mass is 35.5. The van der Waals surface area contributed by atoms with E-state index in [1.807, 2.05) is 37.3 Å². The Morgan fingerprint density at radius 1 is 1.30 bits per heavy atom. The highest BCUT2D eigenvalue weighted by Gasteiger charge is 2.16. The van der Waals surface area contributed by atoms with Crippen LogP contribution in [0.1, 0.15) is 25.3 Å². The van der Waals surface area contributed by atoms with Gasteiger partial charge in [-0.1, -0.05) is 36.6 Å². The number of hydrazone groups is 1. The van der Waals surface area contributed by atoms with Crippen molar-refractivity contribution in [2.45, 2.75) is 19.8 Å². The molecule has 1 aromatic carbocycles. The van der Waals surface area contributed by atoms with Crippen LogP contribution in [0.5, 0.6) is 0 Å². The third kappa shape index (κ3) is 3.55. The summed E-state index contributed by atoms with van der Waals surface area (Å²) in [4.78, 5) is 0. The number of ether oxygens (including phenoxy) is 1. The second-order valence-corrected chi connectivity index (χ2v) is 4.71. The van der Waals surface area contributed by atoms with E-state index in [0.717, 1.165) is 35.0 Å². The van der Waals surface area contributed by atoms with Gasteiger partial charge in [-0.3, -0.25) is 0 Å². The third-order valence-electron chi connectivity index (χ3n) is 2.88. The topological polar surface area (TPSA) is 24.8 Å². The summed E-state index contributed by atoms with van der Waals surface area (Å²) in [5, 5.41) is 7.13. The summed E-state index contributed by atoms with van der Waals surface area (Å²) in [7, 11) is 1.65. The number of hydrogen-bond acceptors (Lipinski definition) is 3. The molecule has 1 aliphatic heterocycles. The molecule has 0 saturated heterocycles. The number of rotatable bonds is 3. The monoisotopic (exact) mass is 288 g/mol. The van der Waals surface area contributed by atoms with Crippen molar-refractivity contribution in [2.24, 2.45) is 5.10 Å². The van der Waals surface area contributed by atoms with Gasteiger partial charge in [0.15, 0.2) is 0 Å². The van der Waals surface area contributed by atoms with Crippen LogP contribution in [0.2, 0.25) is 5.02 Å². The normalized spacial score (nSPS) is 14.1. The third-order valence-corrected chi connectivity index (χ3v) is 3.14. The lowest BCUT2D eigenvalue weighted by Gasteiger charge is -2.24. The van der Waals surface area contributed by atoms with Crippen molar-refractivity contribution in [3.05, 3.63) is 46.8 Å². The van der Waals surface area contributed by atoms with E-state index in [-0.39, 0.29) is 0 Å². The molecule has 0 fully saturated rings. The van der Waals surface area contributed by atoms with Crippen molar-refractivity contribution >= 4 is 17.3 Å². The summed E-state index contributed by atoms with van der Waals surface area (Å²) < 4.78 is 5.33. The van der Waals surface area contributed by atoms with Crippen molar-refractivity contribution in [1.29, 1.82) is 0 Å². The molecular weight excluding hydrogens is 272 g/mol. The second kappa shape index (κ2) is 7.02. The molecule has 4 heteroatoms. The van der Waals surface area contributed by atoms with Crippen molar-refractivity contribution in [3.8, 4) is 11.8 Å². The molecule has 104 valence electrons. The Labute approximate surface area is 124 Å². The zero-order valence-electron chi connectivity index (χ0n) is 11.7. The Morgan fingerprint density at radius 3 is 2.70 bits per heavy atom. The van der Waals surface area contributed by atoms with E-state index < -0.39 is 0 Å². The quantitative estimate of drug-likeness (QED) is 0.793. The first-order valence-corrected chi connectivity index (χ1v) is 6.93. The predicted octanol–water partition coefficient (Wildman–Crippen LogP) is 3.65. The van der Waals surface area contributed by atoms with Crippen molar-refractivity contribution in [2.75, 3.05) is 13.7 Å². The van der Waals surface area contributed by atoms with Crippen LogP contribution in [0.25, 0.3) is 0 Å². The molecule has 0 spiro atoms. The maximum atomic E-state index is 5.91. The van der Waals surface area contributed by atoms with Gasteiger partial charge in [0, 0.05) is 17.9 Å². The fourth-order valence-corrected chi connectivity index (χ4v) is 2.03. The van der Waals surface area contributed by atoms with Gasteiger partial charge in [0.1, 0.15) is 6.54 Å². The van der Waals surface area contributed by atoms with Gasteiger partial charge >= 0.3 is 0 Å². The van der Waals surface area contributed by atoms with Crippen molar-refractivity contribution in [1.82, 2.24) is 5.01 Å². The molecule has 0 atom stereocenters. The number of hydrogen-bond donors (Lipinski definition) is 0. The predicted molar refractivity (Wildman–Crippen MR) is 82.5 cm³/mol. The maximum absolute atomic E-state index is 5.91. The van der Waals surface area contributed by atoms with Crippen LogP contribution in [0, 0.1) is 11.8 Å². The van der Waals surface area contributed by atoms with Crippen LogP contribution in [0.3, 0.4) is 0 Å². The zero-order chi connectivity index (χ0) is 14.4. The molecule has 20 heavy (non-hydrogen) atoms. The molecule has 2 rings (SSSR count). The van der Waals surface area contributed by atoms with Gasteiger partial charge in [0.05, 0.1) is 12.8 Å². The van der Waals surface area contributed by atoms with Gasteiger partial charge in [-0.05, 0) is 23.8 Å². The van der Waals surface area contributed by atoms with E-state index in [1.165, 1.54) is 0 Å². The van der Waals surface area contributed by atoms with E-state index in [2.05, 4.69) is 16.9 Å². The maximum Gasteiger partial charge on any atom is 0.206 e. The zero-order valence-corrected chi connectivity index (χ0v) is 12.4. The van der Waals surface area contributed by atoms with Gasteiger partial charge in [-0.15, -0.1) is 5.92 Å². The highest BCUT2D eigenvalue weighted by Crippen LogP contribution is 2.19. The Bertz CT molecular complexity index is 579. The van der Waals surface area contributed by atoms with Crippen molar-refractivity contribution < 1.29 is 4.74 Å². The molecule has 0 unspecified atom stereocenters. The van der Waals surface area contributed by atoms with E-state index in [9.17, 15) is 0 Å². The van der Waals surface area contributed by atoms with E-state index in [0.29, 0.717) is 6.54 Å². The van der Waals surface area contributed by atoms with Crippen LogP contribution in [0.15, 0.2) is 41.3 Å². The summed E-state index contributed by atoms with van der Waals surface area (Å²) in [5.74, 6) is 6.86. The van der Waals surface area contributed by atoms with Crippen molar-refractivity contribution in [3.63, 3.8) is 0 Å². The van der Waals surface area contributed by atoms with Crippen LogP contribution >= 0.6 is 11.6 Å². The lowest BCUT2D eigenvalue weighted by atomic mass is 10.1. The van der Waals surface area contributed by atoms with E-state index >= 15 is 0 Å². The fourth-order valence-electron chi connectivity index (χ4n) is 1.90. The van der Waals surface area contributed by atoms with Gasteiger partial charge in [-0.2, -0.15) is 5.10 Å². The average Bonchev–Trinajstić information content (AvgIpc) is 2.48. The van der Waals surface area contributed by atoms with Crippen LogP contribution in [-0.4, -0.2) is 24.4 Å². The standard InChI is InChI=1S/C16H17ClN2O/c1-3-4-5-12-19-16(20-2)11-10-15(18-19)13-6-8-14(17)9-7-13/h6-9,11H,3,10,12H2,1-2H3. The summed E-state index contributed by atoms with van der Waals surface area (Å²) in [6.45, 7) is 2.56.